The Morgan fingerprint density at radius 2 is 1.97 bits per heavy atom. The lowest BCUT2D eigenvalue weighted by molar-refractivity contribution is 0.0933. The number of thiazole rings is 1. The van der Waals surface area contributed by atoms with Gasteiger partial charge in [-0.25, -0.2) is 14.8 Å². The molecule has 10 nitrogen and oxygen atoms in total. The van der Waals surface area contributed by atoms with Crippen LogP contribution in [-0.4, -0.2) is 71.6 Å². The first-order valence-electron chi connectivity index (χ1n) is 11.2. The summed E-state index contributed by atoms with van der Waals surface area (Å²) in [6.07, 6.45) is 2.63. The molecule has 1 atom stereocenters. The van der Waals surface area contributed by atoms with E-state index in [1.807, 2.05) is 24.3 Å². The Morgan fingerprint density at radius 3 is 2.73 bits per heavy atom. The van der Waals surface area contributed by atoms with Crippen LogP contribution in [-0.2, 0) is 0 Å². The first-order chi connectivity index (χ1) is 16.0. The van der Waals surface area contributed by atoms with Crippen LogP contribution in [0.5, 0.6) is 0 Å². The molecule has 1 unspecified atom stereocenters. The van der Waals surface area contributed by atoms with Crippen molar-refractivity contribution in [3.05, 3.63) is 41.2 Å². The molecule has 1 fully saturated rings. The lowest BCUT2D eigenvalue weighted by Gasteiger charge is -2.32. The molecule has 0 spiro atoms. The number of nitrogens with one attached hydrogen (secondary N) is 4. The first-order valence-corrected chi connectivity index (χ1v) is 12.0. The third-order valence-corrected chi connectivity index (χ3v) is 6.60. The van der Waals surface area contributed by atoms with E-state index in [4.69, 9.17) is 0 Å². The van der Waals surface area contributed by atoms with Crippen LogP contribution < -0.4 is 20.9 Å². The van der Waals surface area contributed by atoms with Crippen molar-refractivity contribution >= 4 is 39.4 Å². The van der Waals surface area contributed by atoms with E-state index in [1.165, 1.54) is 11.3 Å². The monoisotopic (exact) mass is 470 g/mol. The topological polar surface area (TPSA) is 118 Å². The number of unbranched alkanes of at least 4 members (excludes halogenated alkanes) is 1. The summed E-state index contributed by atoms with van der Waals surface area (Å²) < 4.78 is 0. The Balaban J connectivity index is 1.48. The predicted molar refractivity (Wildman–Crippen MR) is 130 cm³/mol. The van der Waals surface area contributed by atoms with Crippen molar-refractivity contribution in [2.24, 2.45) is 0 Å². The summed E-state index contributed by atoms with van der Waals surface area (Å²) in [7, 11) is 2.10. The number of amides is 3. The molecule has 4 rings (SSSR count). The van der Waals surface area contributed by atoms with Gasteiger partial charge in [0.05, 0.1) is 17.2 Å². The first kappa shape index (κ1) is 23.0. The van der Waals surface area contributed by atoms with E-state index in [9.17, 15) is 9.59 Å². The number of H-pyrrole nitrogens is 1. The molecule has 2 aromatic heterocycles. The Morgan fingerprint density at radius 1 is 1.18 bits per heavy atom. The van der Waals surface area contributed by atoms with Gasteiger partial charge in [-0.05, 0) is 25.6 Å². The maximum absolute atomic E-state index is 13.1. The van der Waals surface area contributed by atoms with Crippen LogP contribution in [0.25, 0.3) is 11.0 Å². The minimum absolute atomic E-state index is 0.313. The van der Waals surface area contributed by atoms with Crippen LogP contribution in [0.4, 0.5) is 9.93 Å². The SMILES string of the molecule is CCCCNC(=O)NC(NC(=O)c1cnc(N2CCN(C)CC2)s1)c1nc2ccccc2[nH]1. The number of anilines is 1. The van der Waals surface area contributed by atoms with E-state index in [-0.39, 0.29) is 11.9 Å². The highest BCUT2D eigenvalue weighted by Gasteiger charge is 2.24. The number of hydrogen-bond donors (Lipinski definition) is 4. The second-order valence-corrected chi connectivity index (χ2v) is 9.11. The van der Waals surface area contributed by atoms with E-state index in [2.05, 4.69) is 54.7 Å². The fourth-order valence-corrected chi connectivity index (χ4v) is 4.43. The molecule has 33 heavy (non-hydrogen) atoms. The van der Waals surface area contributed by atoms with E-state index in [1.54, 1.807) is 6.20 Å². The van der Waals surface area contributed by atoms with E-state index < -0.39 is 6.17 Å². The smallest absolute Gasteiger partial charge is 0.316 e. The molecular weight excluding hydrogens is 440 g/mol. The number of benzene rings is 1. The molecule has 11 heteroatoms. The third-order valence-electron chi connectivity index (χ3n) is 5.54. The number of hydrogen-bond acceptors (Lipinski definition) is 7. The molecule has 4 N–H and O–H groups in total. The zero-order valence-corrected chi connectivity index (χ0v) is 19.7. The Kier molecular flexibility index (Phi) is 7.40. The maximum atomic E-state index is 13.1. The predicted octanol–water partition coefficient (Wildman–Crippen LogP) is 2.30. The van der Waals surface area contributed by atoms with Gasteiger partial charge in [-0.3, -0.25) is 4.79 Å². The molecule has 0 aliphatic carbocycles. The molecule has 176 valence electrons. The number of aromatic amines is 1. The van der Waals surface area contributed by atoms with Crippen LogP contribution >= 0.6 is 11.3 Å². The Hall–Kier alpha value is -3.18. The van der Waals surface area contributed by atoms with Crippen molar-refractivity contribution in [3.8, 4) is 0 Å². The number of rotatable bonds is 8. The molecule has 1 saturated heterocycles. The maximum Gasteiger partial charge on any atom is 0.316 e. The molecule has 3 aromatic rings. The highest BCUT2D eigenvalue weighted by atomic mass is 32.1. The van der Waals surface area contributed by atoms with Crippen LogP contribution in [0, 0.1) is 0 Å². The highest BCUT2D eigenvalue weighted by Crippen LogP contribution is 2.24. The van der Waals surface area contributed by atoms with Gasteiger partial charge in [-0.2, -0.15) is 0 Å². The second-order valence-electron chi connectivity index (χ2n) is 8.10. The summed E-state index contributed by atoms with van der Waals surface area (Å²) in [5.41, 5.74) is 1.59. The minimum Gasteiger partial charge on any atom is -0.346 e. The van der Waals surface area contributed by atoms with E-state index in [0.29, 0.717) is 17.2 Å². The van der Waals surface area contributed by atoms with Gasteiger partial charge in [0.15, 0.2) is 17.1 Å². The number of piperazine rings is 1. The largest absolute Gasteiger partial charge is 0.346 e. The molecule has 1 aliphatic rings. The van der Waals surface area contributed by atoms with Gasteiger partial charge in [0.25, 0.3) is 5.91 Å². The number of likely N-dealkylation sites (N-methyl/N-ethyl adjacent to an activating group) is 1. The van der Waals surface area contributed by atoms with Gasteiger partial charge in [0.2, 0.25) is 0 Å². The van der Waals surface area contributed by atoms with Crippen LogP contribution in [0.1, 0.15) is 41.4 Å². The lowest BCUT2D eigenvalue weighted by atomic mass is 10.3. The number of carbonyl (C=O) groups excluding carboxylic acids is 2. The van der Waals surface area contributed by atoms with Crippen LogP contribution in [0.2, 0.25) is 0 Å². The number of carbonyl (C=O) groups is 2. The summed E-state index contributed by atoms with van der Waals surface area (Å²) >= 11 is 1.35. The minimum atomic E-state index is -0.819. The molecule has 0 saturated carbocycles. The summed E-state index contributed by atoms with van der Waals surface area (Å²) in [5.74, 6) is 0.145. The molecule has 0 radical (unpaired) electrons. The van der Waals surface area contributed by atoms with Crippen molar-refractivity contribution in [2.45, 2.75) is 25.9 Å². The van der Waals surface area contributed by atoms with Gasteiger partial charge in [-0.1, -0.05) is 36.8 Å². The number of fused-ring (bicyclic) bond motifs is 1. The van der Waals surface area contributed by atoms with Gasteiger partial charge in [0.1, 0.15) is 4.88 Å². The zero-order chi connectivity index (χ0) is 23.2. The molecule has 3 heterocycles. The van der Waals surface area contributed by atoms with E-state index >= 15 is 0 Å². The van der Waals surface area contributed by atoms with Crippen LogP contribution in [0.15, 0.2) is 30.5 Å². The second kappa shape index (κ2) is 10.6. The summed E-state index contributed by atoms with van der Waals surface area (Å²) in [4.78, 5) is 42.6. The lowest BCUT2D eigenvalue weighted by Crippen LogP contribution is -2.46. The average molecular weight is 471 g/mol. The quantitative estimate of drug-likeness (QED) is 0.296. The highest BCUT2D eigenvalue weighted by molar-refractivity contribution is 7.17. The van der Waals surface area contributed by atoms with Crippen LogP contribution in [0.3, 0.4) is 0 Å². The molecule has 1 aromatic carbocycles. The molecule has 0 bridgehead atoms. The summed E-state index contributed by atoms with van der Waals surface area (Å²) in [6.45, 7) is 6.31. The summed E-state index contributed by atoms with van der Waals surface area (Å²) in [5, 5.41) is 9.37. The molecule has 1 aliphatic heterocycles. The van der Waals surface area contributed by atoms with E-state index in [0.717, 1.165) is 55.2 Å². The average Bonchev–Trinajstić information content (AvgIpc) is 3.47. The van der Waals surface area contributed by atoms with Crippen molar-refractivity contribution in [1.82, 2.24) is 35.8 Å². The van der Waals surface area contributed by atoms with Crippen molar-refractivity contribution < 1.29 is 9.59 Å². The number of imidazole rings is 1. The van der Waals surface area contributed by atoms with Crippen molar-refractivity contribution in [3.63, 3.8) is 0 Å². The number of aromatic nitrogens is 3. The number of para-hydroxylation sites is 2. The fraction of sp³-hybridized carbons (Fsp3) is 0.455. The van der Waals surface area contributed by atoms with Crippen molar-refractivity contribution in [2.75, 3.05) is 44.7 Å². The summed E-state index contributed by atoms with van der Waals surface area (Å²) in [6, 6.07) is 7.21. The number of nitrogens with zero attached hydrogens (tertiary/aromatic N) is 4. The zero-order valence-electron chi connectivity index (χ0n) is 18.9. The van der Waals surface area contributed by atoms with Gasteiger partial charge in [0, 0.05) is 32.7 Å². The Bertz CT molecular complexity index is 1060. The van der Waals surface area contributed by atoms with Gasteiger partial charge >= 0.3 is 6.03 Å². The normalized spacial score (nSPS) is 15.4. The standard InChI is InChI=1S/C22H30N8O2S/c1-3-4-9-23-21(32)28-19(18-25-15-7-5-6-8-16(15)26-18)27-20(31)17-14-24-22(33-17)30-12-10-29(2)11-13-30/h5-8,14,19H,3-4,9-13H2,1-2H3,(H,25,26)(H,27,31)(H2,23,28,32). The number of urea groups is 1. The van der Waals surface area contributed by atoms with Gasteiger partial charge in [-0.15, -0.1) is 0 Å². The third kappa shape index (κ3) is 5.79. The van der Waals surface area contributed by atoms with Crippen molar-refractivity contribution in [1.29, 1.82) is 0 Å². The van der Waals surface area contributed by atoms with Gasteiger partial charge < -0.3 is 30.7 Å². The molecule has 3 amide bonds. The molecular formula is C22H30N8O2S. The fourth-order valence-electron chi connectivity index (χ4n) is 3.56. The Labute approximate surface area is 196 Å².